The lowest BCUT2D eigenvalue weighted by Gasteiger charge is -2.32. The third-order valence-corrected chi connectivity index (χ3v) is 4.11. The smallest absolute Gasteiger partial charge is 0.136 e. The normalized spacial score (nSPS) is 27.3. The van der Waals surface area contributed by atoms with Crippen LogP contribution >= 0.6 is 0 Å². The summed E-state index contributed by atoms with van der Waals surface area (Å²) in [7, 11) is 0. The summed E-state index contributed by atoms with van der Waals surface area (Å²) in [6.07, 6.45) is 8.13. The van der Waals surface area contributed by atoms with Crippen LogP contribution in [0.3, 0.4) is 0 Å². The second kappa shape index (κ2) is 6.30. The molecule has 0 aromatic heterocycles. The maximum Gasteiger partial charge on any atom is 0.136 e. The van der Waals surface area contributed by atoms with Crippen molar-refractivity contribution in [3.63, 3.8) is 0 Å². The first-order valence-electron chi connectivity index (χ1n) is 6.75. The molecule has 1 saturated carbocycles. The SMILES string of the molecule is CCCC1CCC(=O)C(C(CC)CC)C1. The number of rotatable bonds is 5. The van der Waals surface area contributed by atoms with Crippen LogP contribution in [-0.4, -0.2) is 5.78 Å². The molecule has 0 heterocycles. The van der Waals surface area contributed by atoms with Crippen LogP contribution in [0.5, 0.6) is 0 Å². The highest BCUT2D eigenvalue weighted by Crippen LogP contribution is 2.36. The first kappa shape index (κ1) is 12.7. The maximum absolute atomic E-state index is 11.9. The fourth-order valence-corrected chi connectivity index (χ4v) is 3.12. The third-order valence-electron chi connectivity index (χ3n) is 4.11. The van der Waals surface area contributed by atoms with Gasteiger partial charge >= 0.3 is 0 Å². The molecular formula is C14H26O. The van der Waals surface area contributed by atoms with Crippen molar-refractivity contribution in [3.05, 3.63) is 0 Å². The van der Waals surface area contributed by atoms with Gasteiger partial charge in [0.25, 0.3) is 0 Å². The van der Waals surface area contributed by atoms with Gasteiger partial charge in [0.15, 0.2) is 0 Å². The third kappa shape index (κ3) is 3.32. The average molecular weight is 210 g/mol. The van der Waals surface area contributed by atoms with Gasteiger partial charge in [0, 0.05) is 12.3 Å². The van der Waals surface area contributed by atoms with Crippen molar-refractivity contribution >= 4 is 5.78 Å². The number of Topliss-reactive ketones (excluding diaryl/α,β-unsaturated/α-hetero) is 1. The summed E-state index contributed by atoms with van der Waals surface area (Å²) in [6, 6.07) is 0. The summed E-state index contributed by atoms with van der Waals surface area (Å²) in [6.45, 7) is 6.71. The monoisotopic (exact) mass is 210 g/mol. The van der Waals surface area contributed by atoms with E-state index in [1.165, 1.54) is 32.1 Å². The van der Waals surface area contributed by atoms with Crippen LogP contribution < -0.4 is 0 Å². The fraction of sp³-hybridized carbons (Fsp3) is 0.929. The Morgan fingerprint density at radius 3 is 2.47 bits per heavy atom. The zero-order valence-corrected chi connectivity index (χ0v) is 10.6. The van der Waals surface area contributed by atoms with Gasteiger partial charge in [0.2, 0.25) is 0 Å². The van der Waals surface area contributed by atoms with Gasteiger partial charge in [0.1, 0.15) is 5.78 Å². The van der Waals surface area contributed by atoms with Crippen molar-refractivity contribution in [2.75, 3.05) is 0 Å². The molecule has 2 atom stereocenters. The van der Waals surface area contributed by atoms with E-state index in [9.17, 15) is 4.79 Å². The van der Waals surface area contributed by atoms with Gasteiger partial charge < -0.3 is 0 Å². The van der Waals surface area contributed by atoms with E-state index < -0.39 is 0 Å². The standard InChI is InChI=1S/C14H26O/c1-4-7-11-8-9-14(15)13(10-11)12(5-2)6-3/h11-13H,4-10H2,1-3H3. The van der Waals surface area contributed by atoms with E-state index in [1.807, 2.05) is 0 Å². The fourth-order valence-electron chi connectivity index (χ4n) is 3.12. The molecule has 0 saturated heterocycles. The Kier molecular flexibility index (Phi) is 5.35. The highest BCUT2D eigenvalue weighted by Gasteiger charge is 2.32. The highest BCUT2D eigenvalue weighted by atomic mass is 16.1. The molecule has 1 nitrogen and oxygen atoms in total. The minimum Gasteiger partial charge on any atom is -0.299 e. The van der Waals surface area contributed by atoms with Crippen LogP contribution in [0.4, 0.5) is 0 Å². The summed E-state index contributed by atoms with van der Waals surface area (Å²) in [4.78, 5) is 11.9. The molecule has 1 heteroatoms. The van der Waals surface area contributed by atoms with E-state index in [0.29, 0.717) is 17.6 Å². The molecule has 2 unspecified atom stereocenters. The summed E-state index contributed by atoms with van der Waals surface area (Å²) < 4.78 is 0. The number of ketones is 1. The molecular weight excluding hydrogens is 184 g/mol. The van der Waals surface area contributed by atoms with Crippen molar-refractivity contribution < 1.29 is 4.79 Å². The number of hydrogen-bond acceptors (Lipinski definition) is 1. The zero-order chi connectivity index (χ0) is 11.3. The second-order valence-electron chi connectivity index (χ2n) is 5.08. The predicted molar refractivity (Wildman–Crippen MR) is 64.8 cm³/mol. The van der Waals surface area contributed by atoms with Crippen molar-refractivity contribution in [1.29, 1.82) is 0 Å². The van der Waals surface area contributed by atoms with Crippen LogP contribution in [0.25, 0.3) is 0 Å². The number of carbonyl (C=O) groups excluding carboxylic acids is 1. The summed E-state index contributed by atoms with van der Waals surface area (Å²) in [5.41, 5.74) is 0. The molecule has 15 heavy (non-hydrogen) atoms. The van der Waals surface area contributed by atoms with E-state index in [-0.39, 0.29) is 0 Å². The minimum atomic E-state index is 0.394. The van der Waals surface area contributed by atoms with Gasteiger partial charge in [-0.3, -0.25) is 4.79 Å². The Balaban J connectivity index is 2.56. The van der Waals surface area contributed by atoms with E-state index >= 15 is 0 Å². The zero-order valence-electron chi connectivity index (χ0n) is 10.6. The minimum absolute atomic E-state index is 0.394. The van der Waals surface area contributed by atoms with E-state index in [2.05, 4.69) is 20.8 Å². The lowest BCUT2D eigenvalue weighted by atomic mass is 9.71. The van der Waals surface area contributed by atoms with E-state index in [1.54, 1.807) is 0 Å². The molecule has 0 bridgehead atoms. The maximum atomic E-state index is 11.9. The van der Waals surface area contributed by atoms with Crippen LogP contribution in [-0.2, 0) is 4.79 Å². The highest BCUT2D eigenvalue weighted by molar-refractivity contribution is 5.82. The topological polar surface area (TPSA) is 17.1 Å². The second-order valence-corrected chi connectivity index (χ2v) is 5.08. The molecule has 1 aliphatic carbocycles. The number of carbonyl (C=O) groups is 1. The molecule has 1 rings (SSSR count). The van der Waals surface area contributed by atoms with Crippen LogP contribution in [0.15, 0.2) is 0 Å². The van der Waals surface area contributed by atoms with Gasteiger partial charge in [-0.1, -0.05) is 46.5 Å². The Morgan fingerprint density at radius 2 is 1.93 bits per heavy atom. The predicted octanol–water partition coefficient (Wildman–Crippen LogP) is 4.21. The van der Waals surface area contributed by atoms with Crippen molar-refractivity contribution in [2.45, 2.75) is 65.7 Å². The molecule has 0 N–H and O–H groups in total. The summed E-state index contributed by atoms with van der Waals surface area (Å²) in [5.74, 6) is 2.43. The van der Waals surface area contributed by atoms with Crippen molar-refractivity contribution in [2.24, 2.45) is 17.8 Å². The average Bonchev–Trinajstić information content (AvgIpc) is 2.24. The molecule has 0 aliphatic heterocycles. The molecule has 0 aromatic carbocycles. The molecule has 0 aromatic rings. The quantitative estimate of drug-likeness (QED) is 0.664. The van der Waals surface area contributed by atoms with Crippen LogP contribution in [0.2, 0.25) is 0 Å². The van der Waals surface area contributed by atoms with Gasteiger partial charge in [-0.15, -0.1) is 0 Å². The molecule has 0 spiro atoms. The van der Waals surface area contributed by atoms with Gasteiger partial charge in [0.05, 0.1) is 0 Å². The molecule has 88 valence electrons. The molecule has 0 radical (unpaired) electrons. The van der Waals surface area contributed by atoms with Gasteiger partial charge in [-0.2, -0.15) is 0 Å². The number of hydrogen-bond donors (Lipinski definition) is 0. The summed E-state index contributed by atoms with van der Waals surface area (Å²) >= 11 is 0. The Labute approximate surface area is 94.6 Å². The van der Waals surface area contributed by atoms with Gasteiger partial charge in [-0.05, 0) is 24.7 Å². The summed E-state index contributed by atoms with van der Waals surface area (Å²) in [5, 5.41) is 0. The van der Waals surface area contributed by atoms with Gasteiger partial charge in [-0.25, -0.2) is 0 Å². The van der Waals surface area contributed by atoms with E-state index in [4.69, 9.17) is 0 Å². The first-order valence-corrected chi connectivity index (χ1v) is 6.75. The van der Waals surface area contributed by atoms with E-state index in [0.717, 1.165) is 18.8 Å². The molecule has 1 fully saturated rings. The van der Waals surface area contributed by atoms with Crippen LogP contribution in [0.1, 0.15) is 65.7 Å². The lowest BCUT2D eigenvalue weighted by Crippen LogP contribution is -2.30. The Hall–Kier alpha value is -0.330. The Bertz CT molecular complexity index is 194. The van der Waals surface area contributed by atoms with Crippen molar-refractivity contribution in [1.82, 2.24) is 0 Å². The molecule has 1 aliphatic rings. The largest absolute Gasteiger partial charge is 0.299 e. The Morgan fingerprint density at radius 1 is 1.27 bits per heavy atom. The van der Waals surface area contributed by atoms with Crippen LogP contribution in [0, 0.1) is 17.8 Å². The lowest BCUT2D eigenvalue weighted by molar-refractivity contribution is -0.127. The first-order chi connectivity index (χ1) is 7.22. The van der Waals surface area contributed by atoms with Crippen molar-refractivity contribution in [3.8, 4) is 0 Å². The molecule has 0 amide bonds.